The highest BCUT2D eigenvalue weighted by molar-refractivity contribution is 5.80. The third-order valence-corrected chi connectivity index (χ3v) is 2.06. The van der Waals surface area contributed by atoms with Crippen LogP contribution in [-0.2, 0) is 4.79 Å². The van der Waals surface area contributed by atoms with Crippen molar-refractivity contribution in [2.45, 2.75) is 27.2 Å². The standard InChI is InChI=1S/C10H16O2/c1-5-6-10(3,4)8(2)7-9(11)12/h5,7H,1,6H2,2-4H3,(H,11,12). The Morgan fingerprint density at radius 1 is 1.58 bits per heavy atom. The van der Waals surface area contributed by atoms with E-state index in [-0.39, 0.29) is 5.41 Å². The van der Waals surface area contributed by atoms with E-state index in [1.807, 2.05) is 20.8 Å². The summed E-state index contributed by atoms with van der Waals surface area (Å²) in [5.41, 5.74) is 0.773. The van der Waals surface area contributed by atoms with Gasteiger partial charge in [0, 0.05) is 6.08 Å². The van der Waals surface area contributed by atoms with Crippen molar-refractivity contribution in [1.29, 1.82) is 0 Å². The van der Waals surface area contributed by atoms with Crippen LogP contribution in [0.4, 0.5) is 0 Å². The Balaban J connectivity index is 4.53. The second-order valence-corrected chi connectivity index (χ2v) is 3.54. The van der Waals surface area contributed by atoms with Crippen LogP contribution < -0.4 is 0 Å². The van der Waals surface area contributed by atoms with E-state index in [2.05, 4.69) is 6.58 Å². The highest BCUT2D eigenvalue weighted by Crippen LogP contribution is 2.29. The molecule has 0 aliphatic rings. The molecule has 0 aliphatic heterocycles. The van der Waals surface area contributed by atoms with E-state index in [4.69, 9.17) is 5.11 Å². The molecule has 0 amide bonds. The van der Waals surface area contributed by atoms with Crippen molar-refractivity contribution >= 4 is 5.97 Å². The number of allylic oxidation sites excluding steroid dienone is 2. The molecular weight excluding hydrogens is 152 g/mol. The zero-order valence-corrected chi connectivity index (χ0v) is 7.92. The normalized spacial score (nSPS) is 12.8. The van der Waals surface area contributed by atoms with Gasteiger partial charge in [0.05, 0.1) is 0 Å². The third kappa shape index (κ3) is 3.37. The molecule has 12 heavy (non-hydrogen) atoms. The van der Waals surface area contributed by atoms with Crippen molar-refractivity contribution < 1.29 is 9.90 Å². The molecule has 0 heterocycles. The van der Waals surface area contributed by atoms with Gasteiger partial charge in [-0.2, -0.15) is 0 Å². The Hall–Kier alpha value is -1.05. The Kier molecular flexibility index (Phi) is 3.74. The van der Waals surface area contributed by atoms with Crippen LogP contribution in [0.25, 0.3) is 0 Å². The molecule has 0 aromatic rings. The predicted molar refractivity (Wildman–Crippen MR) is 50.0 cm³/mol. The molecule has 1 N–H and O–H groups in total. The molecule has 0 radical (unpaired) electrons. The van der Waals surface area contributed by atoms with Crippen LogP contribution in [0.1, 0.15) is 27.2 Å². The van der Waals surface area contributed by atoms with Crippen LogP contribution >= 0.6 is 0 Å². The molecule has 0 saturated heterocycles. The molecule has 0 aromatic carbocycles. The molecule has 0 aliphatic carbocycles. The molecule has 0 aromatic heterocycles. The molecule has 0 atom stereocenters. The van der Waals surface area contributed by atoms with Crippen molar-refractivity contribution in [2.24, 2.45) is 5.41 Å². The van der Waals surface area contributed by atoms with Crippen molar-refractivity contribution in [1.82, 2.24) is 0 Å². The summed E-state index contributed by atoms with van der Waals surface area (Å²) in [4.78, 5) is 10.4. The maximum absolute atomic E-state index is 10.4. The highest BCUT2D eigenvalue weighted by Gasteiger charge is 2.18. The molecular formula is C10H16O2. The van der Waals surface area contributed by atoms with Crippen LogP contribution in [0, 0.1) is 5.41 Å². The van der Waals surface area contributed by atoms with Gasteiger partial charge in [-0.1, -0.05) is 25.5 Å². The van der Waals surface area contributed by atoms with Gasteiger partial charge in [0.15, 0.2) is 0 Å². The summed E-state index contributed by atoms with van der Waals surface area (Å²) >= 11 is 0. The summed E-state index contributed by atoms with van der Waals surface area (Å²) in [5, 5.41) is 8.51. The predicted octanol–water partition coefficient (Wildman–Crippen LogP) is 2.62. The minimum Gasteiger partial charge on any atom is -0.478 e. The average Bonchev–Trinajstić information content (AvgIpc) is 1.85. The van der Waals surface area contributed by atoms with E-state index in [0.717, 1.165) is 12.0 Å². The number of hydrogen-bond donors (Lipinski definition) is 1. The zero-order chi connectivity index (χ0) is 9.78. The quantitative estimate of drug-likeness (QED) is 0.517. The summed E-state index contributed by atoms with van der Waals surface area (Å²) in [6, 6.07) is 0. The first-order valence-electron chi connectivity index (χ1n) is 3.93. The SMILES string of the molecule is C=CCC(C)(C)C(C)=CC(=O)O. The van der Waals surface area contributed by atoms with E-state index in [1.165, 1.54) is 6.08 Å². The molecule has 0 bridgehead atoms. The van der Waals surface area contributed by atoms with Crippen LogP contribution in [-0.4, -0.2) is 11.1 Å². The first-order valence-corrected chi connectivity index (χ1v) is 3.93. The maximum Gasteiger partial charge on any atom is 0.328 e. The lowest BCUT2D eigenvalue weighted by molar-refractivity contribution is -0.131. The van der Waals surface area contributed by atoms with Gasteiger partial charge in [0.2, 0.25) is 0 Å². The molecule has 0 fully saturated rings. The minimum absolute atomic E-state index is 0.0971. The summed E-state index contributed by atoms with van der Waals surface area (Å²) in [5.74, 6) is -0.885. The van der Waals surface area contributed by atoms with E-state index >= 15 is 0 Å². The molecule has 0 unspecified atom stereocenters. The summed E-state index contributed by atoms with van der Waals surface area (Å²) in [7, 11) is 0. The van der Waals surface area contributed by atoms with Crippen molar-refractivity contribution in [3.05, 3.63) is 24.3 Å². The molecule has 2 nitrogen and oxygen atoms in total. The van der Waals surface area contributed by atoms with Crippen LogP contribution in [0.2, 0.25) is 0 Å². The van der Waals surface area contributed by atoms with E-state index < -0.39 is 5.97 Å². The van der Waals surface area contributed by atoms with Crippen molar-refractivity contribution in [2.75, 3.05) is 0 Å². The lowest BCUT2D eigenvalue weighted by Crippen LogP contribution is -2.12. The zero-order valence-electron chi connectivity index (χ0n) is 7.92. The van der Waals surface area contributed by atoms with Gasteiger partial charge >= 0.3 is 5.97 Å². The largest absolute Gasteiger partial charge is 0.478 e. The van der Waals surface area contributed by atoms with Crippen molar-refractivity contribution in [3.63, 3.8) is 0 Å². The fourth-order valence-corrected chi connectivity index (χ4v) is 0.902. The Morgan fingerprint density at radius 2 is 2.08 bits per heavy atom. The number of hydrogen-bond acceptors (Lipinski definition) is 1. The van der Waals surface area contributed by atoms with Crippen molar-refractivity contribution in [3.8, 4) is 0 Å². The average molecular weight is 168 g/mol. The molecule has 0 spiro atoms. The summed E-state index contributed by atoms with van der Waals surface area (Å²) in [6.45, 7) is 9.47. The second-order valence-electron chi connectivity index (χ2n) is 3.54. The fraction of sp³-hybridized carbons (Fsp3) is 0.500. The van der Waals surface area contributed by atoms with E-state index in [1.54, 1.807) is 6.08 Å². The molecule has 68 valence electrons. The van der Waals surface area contributed by atoms with Crippen LogP contribution in [0.5, 0.6) is 0 Å². The fourth-order valence-electron chi connectivity index (χ4n) is 0.902. The minimum atomic E-state index is -0.885. The highest BCUT2D eigenvalue weighted by atomic mass is 16.4. The smallest absolute Gasteiger partial charge is 0.328 e. The summed E-state index contributed by atoms with van der Waals surface area (Å²) in [6.07, 6.45) is 3.85. The van der Waals surface area contributed by atoms with Gasteiger partial charge in [0.1, 0.15) is 0 Å². The lowest BCUT2D eigenvalue weighted by Gasteiger charge is -2.23. The number of aliphatic carboxylic acids is 1. The van der Waals surface area contributed by atoms with Gasteiger partial charge < -0.3 is 5.11 Å². The number of carboxylic acid groups (broad SMARTS) is 1. The Morgan fingerprint density at radius 3 is 2.42 bits per heavy atom. The van der Waals surface area contributed by atoms with Crippen LogP contribution in [0.3, 0.4) is 0 Å². The van der Waals surface area contributed by atoms with Gasteiger partial charge in [-0.15, -0.1) is 6.58 Å². The first kappa shape index (κ1) is 11.0. The first-order chi connectivity index (χ1) is 5.40. The third-order valence-electron chi connectivity index (χ3n) is 2.06. The number of rotatable bonds is 4. The topological polar surface area (TPSA) is 37.3 Å². The lowest BCUT2D eigenvalue weighted by atomic mass is 9.82. The van der Waals surface area contributed by atoms with Gasteiger partial charge in [-0.05, 0) is 18.8 Å². The number of carbonyl (C=O) groups is 1. The molecule has 0 rings (SSSR count). The van der Waals surface area contributed by atoms with Gasteiger partial charge in [-0.25, -0.2) is 4.79 Å². The van der Waals surface area contributed by atoms with E-state index in [0.29, 0.717) is 0 Å². The Bertz CT molecular complexity index is 212. The Labute approximate surface area is 73.6 Å². The van der Waals surface area contributed by atoms with E-state index in [9.17, 15) is 4.79 Å². The van der Waals surface area contributed by atoms with Gasteiger partial charge in [0.25, 0.3) is 0 Å². The summed E-state index contributed by atoms with van der Waals surface area (Å²) < 4.78 is 0. The monoisotopic (exact) mass is 168 g/mol. The molecule has 0 saturated carbocycles. The second kappa shape index (κ2) is 4.10. The molecule has 2 heteroatoms. The number of carboxylic acids is 1. The maximum atomic E-state index is 10.4. The van der Waals surface area contributed by atoms with Crippen LogP contribution in [0.15, 0.2) is 24.3 Å². The van der Waals surface area contributed by atoms with Gasteiger partial charge in [-0.3, -0.25) is 0 Å².